The highest BCUT2D eigenvalue weighted by atomic mass is 16.3. The molecule has 0 amide bonds. The SMILES string of the molecule is Cc1cc(N2C[C@@H](Cc3ccc4ccccc4n3)[C@H](O)C2)nc2cc3c(cc12)CCC3. The van der Waals surface area contributed by atoms with Crippen molar-refractivity contribution < 1.29 is 5.11 Å². The summed E-state index contributed by atoms with van der Waals surface area (Å²) in [5, 5.41) is 13.2. The standard InChI is InChI=1S/C27H27N3O/c1-17-11-27(29-25-14-20-7-4-6-19(20)13-23(17)25)30-15-21(26(31)16-30)12-22-10-9-18-5-2-3-8-24(18)28-22/h2-3,5,8-11,13-14,21,26,31H,4,6-7,12,15-16H2,1H3/t21-,26-/m1/s1. The normalized spacial score (nSPS) is 20.6. The van der Waals surface area contributed by atoms with E-state index in [2.05, 4.69) is 54.3 Å². The summed E-state index contributed by atoms with van der Waals surface area (Å²) in [7, 11) is 0. The summed E-state index contributed by atoms with van der Waals surface area (Å²) in [6, 6.07) is 19.2. The van der Waals surface area contributed by atoms with E-state index >= 15 is 0 Å². The number of rotatable bonds is 3. The molecule has 4 nitrogen and oxygen atoms in total. The molecule has 156 valence electrons. The number of hydrogen-bond donors (Lipinski definition) is 1. The molecule has 2 atom stereocenters. The van der Waals surface area contributed by atoms with Gasteiger partial charge in [0.25, 0.3) is 0 Å². The molecule has 4 aromatic rings. The molecule has 1 fully saturated rings. The number of β-amino-alcohol motifs (C(OH)–C–C–N with tert-alkyl or cyclic N) is 1. The largest absolute Gasteiger partial charge is 0.391 e. The first-order valence-electron chi connectivity index (χ1n) is 11.3. The quantitative estimate of drug-likeness (QED) is 0.536. The molecule has 0 spiro atoms. The van der Waals surface area contributed by atoms with Gasteiger partial charge in [-0.25, -0.2) is 4.98 Å². The minimum atomic E-state index is -0.369. The van der Waals surface area contributed by atoms with Crippen LogP contribution in [-0.4, -0.2) is 34.3 Å². The fourth-order valence-corrected chi connectivity index (χ4v) is 5.34. The van der Waals surface area contributed by atoms with Crippen molar-refractivity contribution in [1.82, 2.24) is 9.97 Å². The van der Waals surface area contributed by atoms with Gasteiger partial charge in [-0.3, -0.25) is 4.98 Å². The lowest BCUT2D eigenvalue weighted by molar-refractivity contribution is 0.148. The van der Waals surface area contributed by atoms with Gasteiger partial charge >= 0.3 is 0 Å². The van der Waals surface area contributed by atoms with Crippen LogP contribution in [0.4, 0.5) is 5.82 Å². The third-order valence-electron chi connectivity index (χ3n) is 7.07. The summed E-state index contributed by atoms with van der Waals surface area (Å²) in [6.45, 7) is 3.61. The van der Waals surface area contributed by atoms with Crippen LogP contribution in [0.2, 0.25) is 0 Å². The van der Waals surface area contributed by atoms with Crippen LogP contribution >= 0.6 is 0 Å². The van der Waals surface area contributed by atoms with Crippen LogP contribution in [0.1, 0.15) is 28.8 Å². The Morgan fingerprint density at radius 3 is 2.68 bits per heavy atom. The van der Waals surface area contributed by atoms with Crippen LogP contribution in [0.5, 0.6) is 0 Å². The lowest BCUT2D eigenvalue weighted by Crippen LogP contribution is -2.22. The maximum absolute atomic E-state index is 10.8. The van der Waals surface area contributed by atoms with E-state index < -0.39 is 0 Å². The maximum Gasteiger partial charge on any atom is 0.129 e. The number of aryl methyl sites for hydroxylation is 3. The molecule has 1 N–H and O–H groups in total. The van der Waals surface area contributed by atoms with Gasteiger partial charge in [0.15, 0.2) is 0 Å². The van der Waals surface area contributed by atoms with Gasteiger partial charge in [-0.2, -0.15) is 0 Å². The number of aromatic nitrogens is 2. The van der Waals surface area contributed by atoms with Crippen LogP contribution in [0, 0.1) is 12.8 Å². The summed E-state index contributed by atoms with van der Waals surface area (Å²) in [6.07, 6.45) is 4.02. The summed E-state index contributed by atoms with van der Waals surface area (Å²) < 4.78 is 0. The summed E-state index contributed by atoms with van der Waals surface area (Å²) >= 11 is 0. The van der Waals surface area contributed by atoms with E-state index in [0.717, 1.165) is 40.9 Å². The predicted molar refractivity (Wildman–Crippen MR) is 126 cm³/mol. The Bertz CT molecular complexity index is 1300. The average Bonchev–Trinajstić information content (AvgIpc) is 3.38. The van der Waals surface area contributed by atoms with E-state index in [1.54, 1.807) is 0 Å². The molecule has 0 unspecified atom stereocenters. The molecule has 2 aliphatic rings. The molecule has 31 heavy (non-hydrogen) atoms. The van der Waals surface area contributed by atoms with Gasteiger partial charge < -0.3 is 10.0 Å². The Hall–Kier alpha value is -2.98. The third kappa shape index (κ3) is 3.35. The number of pyridine rings is 2. The lowest BCUT2D eigenvalue weighted by atomic mass is 9.99. The molecule has 0 bridgehead atoms. The highest BCUT2D eigenvalue weighted by Crippen LogP contribution is 2.32. The van der Waals surface area contributed by atoms with Gasteiger partial charge in [0.1, 0.15) is 5.82 Å². The minimum absolute atomic E-state index is 0.159. The van der Waals surface area contributed by atoms with Gasteiger partial charge in [-0.1, -0.05) is 24.3 Å². The van der Waals surface area contributed by atoms with Crippen LogP contribution in [0.25, 0.3) is 21.8 Å². The van der Waals surface area contributed by atoms with Crippen LogP contribution in [0.3, 0.4) is 0 Å². The number of hydrogen-bond acceptors (Lipinski definition) is 4. The molecule has 1 saturated heterocycles. The zero-order valence-corrected chi connectivity index (χ0v) is 17.9. The van der Waals surface area contributed by atoms with E-state index in [1.807, 2.05) is 12.1 Å². The number of para-hydroxylation sites is 1. The smallest absolute Gasteiger partial charge is 0.129 e. The molecule has 0 saturated carbocycles. The van der Waals surface area contributed by atoms with Crippen LogP contribution in [-0.2, 0) is 19.3 Å². The molecule has 0 radical (unpaired) electrons. The molecular formula is C27H27N3O. The van der Waals surface area contributed by atoms with Gasteiger partial charge in [0.2, 0.25) is 0 Å². The number of aliphatic hydroxyl groups is 1. The molecule has 3 heterocycles. The Morgan fingerprint density at radius 2 is 1.77 bits per heavy atom. The van der Waals surface area contributed by atoms with E-state index in [0.29, 0.717) is 6.54 Å². The van der Waals surface area contributed by atoms with Crippen LogP contribution in [0.15, 0.2) is 54.6 Å². The average molecular weight is 410 g/mol. The summed E-state index contributed by atoms with van der Waals surface area (Å²) in [5.74, 6) is 1.14. The van der Waals surface area contributed by atoms with Crippen LogP contribution < -0.4 is 4.90 Å². The second kappa shape index (κ2) is 7.31. The topological polar surface area (TPSA) is 49.2 Å². The molecular weight excluding hydrogens is 382 g/mol. The third-order valence-corrected chi connectivity index (χ3v) is 7.07. The fourth-order valence-electron chi connectivity index (χ4n) is 5.34. The number of fused-ring (bicyclic) bond motifs is 3. The zero-order valence-electron chi connectivity index (χ0n) is 17.9. The molecule has 6 rings (SSSR count). The Balaban J connectivity index is 1.26. The number of anilines is 1. The van der Waals surface area contributed by atoms with E-state index in [4.69, 9.17) is 9.97 Å². The van der Waals surface area contributed by atoms with E-state index in [9.17, 15) is 5.11 Å². The molecule has 4 heteroatoms. The number of nitrogens with zero attached hydrogens (tertiary/aromatic N) is 3. The highest BCUT2D eigenvalue weighted by molar-refractivity contribution is 5.86. The lowest BCUT2D eigenvalue weighted by Gasteiger charge is -2.19. The van der Waals surface area contributed by atoms with E-state index in [1.165, 1.54) is 41.3 Å². The highest BCUT2D eigenvalue weighted by Gasteiger charge is 2.32. The second-order valence-electron chi connectivity index (χ2n) is 9.22. The van der Waals surface area contributed by atoms with Gasteiger partial charge in [0.05, 0.1) is 17.1 Å². The van der Waals surface area contributed by atoms with Crippen molar-refractivity contribution >= 4 is 27.6 Å². The first kappa shape index (κ1) is 18.8. The first-order chi connectivity index (χ1) is 15.1. The van der Waals surface area contributed by atoms with Crippen molar-refractivity contribution in [3.63, 3.8) is 0 Å². The zero-order chi connectivity index (χ0) is 20.9. The maximum atomic E-state index is 10.8. The fraction of sp³-hybridized carbons (Fsp3) is 0.333. The van der Waals surface area contributed by atoms with Crippen molar-refractivity contribution in [2.75, 3.05) is 18.0 Å². The summed E-state index contributed by atoms with van der Waals surface area (Å²) in [4.78, 5) is 12.1. The van der Waals surface area contributed by atoms with Crippen molar-refractivity contribution in [2.45, 2.75) is 38.7 Å². The monoisotopic (exact) mass is 409 g/mol. The predicted octanol–water partition coefficient (Wildman–Crippen LogP) is 4.62. The van der Waals surface area contributed by atoms with Crippen molar-refractivity contribution in [3.05, 3.63) is 77.0 Å². The van der Waals surface area contributed by atoms with Crippen molar-refractivity contribution in [3.8, 4) is 0 Å². The Morgan fingerprint density at radius 1 is 0.935 bits per heavy atom. The van der Waals surface area contributed by atoms with E-state index in [-0.39, 0.29) is 12.0 Å². The van der Waals surface area contributed by atoms with Crippen molar-refractivity contribution in [2.24, 2.45) is 5.92 Å². The van der Waals surface area contributed by atoms with Gasteiger partial charge in [0, 0.05) is 35.5 Å². The second-order valence-corrected chi connectivity index (χ2v) is 9.22. The molecule has 2 aromatic carbocycles. The summed E-state index contributed by atoms with van der Waals surface area (Å²) in [5.41, 5.74) is 7.36. The van der Waals surface area contributed by atoms with Gasteiger partial charge in [-0.05, 0) is 79.6 Å². The Labute approximate surface area is 182 Å². The first-order valence-corrected chi connectivity index (χ1v) is 11.3. The Kier molecular flexibility index (Phi) is 4.43. The molecule has 2 aromatic heterocycles. The number of aliphatic hydroxyl groups excluding tert-OH is 1. The number of benzene rings is 2. The van der Waals surface area contributed by atoms with Crippen molar-refractivity contribution in [1.29, 1.82) is 0 Å². The van der Waals surface area contributed by atoms with Gasteiger partial charge in [-0.15, -0.1) is 0 Å². The molecule has 1 aliphatic carbocycles. The molecule has 1 aliphatic heterocycles. The minimum Gasteiger partial charge on any atom is -0.391 e.